The number of methoxy groups -OCH3 is 1. The third-order valence-electron chi connectivity index (χ3n) is 9.05. The van der Waals surface area contributed by atoms with Crippen LogP contribution >= 0.6 is 0 Å². The van der Waals surface area contributed by atoms with Crippen LogP contribution in [-0.2, 0) is 26.2 Å². The summed E-state index contributed by atoms with van der Waals surface area (Å²) in [6.07, 6.45) is -0.624. The van der Waals surface area contributed by atoms with Crippen LogP contribution in [0.3, 0.4) is 0 Å². The Hall–Kier alpha value is -5.17. The number of nitrogens with zero attached hydrogens (tertiary/aromatic N) is 2. The zero-order valence-corrected chi connectivity index (χ0v) is 26.5. The lowest BCUT2D eigenvalue weighted by Crippen LogP contribution is -2.52. The Morgan fingerprint density at radius 1 is 1.09 bits per heavy atom. The first-order chi connectivity index (χ1) is 22.5. The molecule has 4 aromatic rings. The van der Waals surface area contributed by atoms with Crippen LogP contribution in [0.2, 0.25) is 0 Å². The number of hydrogen-bond acceptors (Lipinski definition) is 11. The average Bonchev–Trinajstić information content (AvgIpc) is 3.83. The van der Waals surface area contributed by atoms with Crippen molar-refractivity contribution >= 4 is 23.5 Å². The van der Waals surface area contributed by atoms with E-state index < -0.39 is 47.6 Å². The van der Waals surface area contributed by atoms with Crippen LogP contribution in [0, 0.1) is 11.8 Å². The lowest BCUT2D eigenvalue weighted by Gasteiger charge is -2.29. The number of oxazole rings is 2. The summed E-state index contributed by atoms with van der Waals surface area (Å²) < 4.78 is 24.0. The number of carbonyl (C=O) groups is 3. The number of fused-ring (bicyclic) bond motifs is 4. The molecule has 0 radical (unpaired) electrons. The molecular formula is C34H35N5O8. The predicted octanol–water partition coefficient (Wildman–Crippen LogP) is 3.47. The van der Waals surface area contributed by atoms with Crippen LogP contribution in [0.15, 0.2) is 57.6 Å². The van der Waals surface area contributed by atoms with E-state index in [1.54, 1.807) is 13.8 Å². The largest absolute Gasteiger partial charge is 0.469 e. The Morgan fingerprint density at radius 2 is 1.87 bits per heavy atom. The molecule has 13 nitrogen and oxygen atoms in total. The normalized spacial score (nSPS) is 23.1. The molecule has 2 aromatic carbocycles. The molecule has 2 amide bonds. The van der Waals surface area contributed by atoms with Crippen molar-refractivity contribution in [2.24, 2.45) is 11.8 Å². The van der Waals surface area contributed by atoms with Crippen molar-refractivity contribution in [1.82, 2.24) is 20.6 Å². The van der Waals surface area contributed by atoms with Gasteiger partial charge in [0.25, 0.3) is 0 Å². The Balaban J connectivity index is 1.48. The number of aliphatic hydroxyl groups is 1. The van der Waals surface area contributed by atoms with Crippen molar-refractivity contribution in [2.75, 3.05) is 12.4 Å². The summed E-state index contributed by atoms with van der Waals surface area (Å²) in [6, 6.07) is 11.6. The molecule has 0 fully saturated rings. The number of rotatable bonds is 6. The van der Waals surface area contributed by atoms with Gasteiger partial charge >= 0.3 is 5.97 Å². The Morgan fingerprint density at radius 3 is 2.62 bits per heavy atom. The van der Waals surface area contributed by atoms with Crippen LogP contribution in [0.1, 0.15) is 72.6 Å². The molecule has 13 heteroatoms. The van der Waals surface area contributed by atoms with Gasteiger partial charge in [-0.3, -0.25) is 9.59 Å². The summed E-state index contributed by atoms with van der Waals surface area (Å²) in [5.74, 6) is -1.23. The molecule has 0 saturated carbocycles. The van der Waals surface area contributed by atoms with Crippen molar-refractivity contribution in [3.63, 3.8) is 0 Å². The molecule has 4 bridgehead atoms. The van der Waals surface area contributed by atoms with E-state index in [4.69, 9.17) is 23.3 Å². The van der Waals surface area contributed by atoms with Gasteiger partial charge in [-0.2, -0.15) is 0 Å². The van der Waals surface area contributed by atoms with Gasteiger partial charge in [-0.1, -0.05) is 58.0 Å². The maximum Gasteiger partial charge on any atom is 0.360 e. The summed E-state index contributed by atoms with van der Waals surface area (Å²) in [6.45, 7) is 7.26. The molecule has 3 aliphatic heterocycles. The van der Waals surface area contributed by atoms with Gasteiger partial charge in [0.05, 0.1) is 7.11 Å². The van der Waals surface area contributed by atoms with Gasteiger partial charge in [0, 0.05) is 17.7 Å². The quantitative estimate of drug-likeness (QED) is 0.227. The lowest BCUT2D eigenvalue weighted by atomic mass is 9.72. The van der Waals surface area contributed by atoms with E-state index in [0.29, 0.717) is 11.5 Å². The topological polar surface area (TPSA) is 178 Å². The smallest absolute Gasteiger partial charge is 0.360 e. The van der Waals surface area contributed by atoms with Crippen LogP contribution in [0.4, 0.5) is 5.69 Å². The van der Waals surface area contributed by atoms with Crippen molar-refractivity contribution < 1.29 is 37.8 Å². The number of aromatic nitrogens is 2. The van der Waals surface area contributed by atoms with Gasteiger partial charge in [-0.05, 0) is 35.1 Å². The molecule has 5 atom stereocenters. The number of carbonyl (C=O) groups excluding carboxylic acids is 3. The van der Waals surface area contributed by atoms with Gasteiger partial charge in [0.15, 0.2) is 23.4 Å². The zero-order chi connectivity index (χ0) is 33.2. The minimum atomic E-state index is -1.30. The van der Waals surface area contributed by atoms with Gasteiger partial charge in [-0.15, -0.1) is 0 Å². The number of nitrogens with one attached hydrogen (secondary N) is 3. The summed E-state index contributed by atoms with van der Waals surface area (Å²) in [7, 11) is 1.25. The van der Waals surface area contributed by atoms with Crippen LogP contribution < -0.4 is 20.7 Å². The average molecular weight is 642 g/mol. The molecule has 4 N–H and O–H groups in total. The van der Waals surface area contributed by atoms with Crippen LogP contribution in [0.5, 0.6) is 5.75 Å². The highest BCUT2D eigenvalue weighted by Gasteiger charge is 2.61. The standard InChI is InChI=1S/C34H35N5O8/c1-15(2)24-31-39-25(30-36-22(14-45-30)32(43)44-5)27(47-31)34-18-8-6-7-9-20(18)37-33(34)46-23-11-10-17(12-19(23)34)13-21(28(41)38-24)35-29(42)26(40)16(3)4/h6-12,14-16,21,24,26,33,37,40H,13H2,1-5H3,(H,35,42)(H,38,41)/t21-,24+,26-,33+,34?/m0/s1. The van der Waals surface area contributed by atoms with E-state index in [1.165, 1.54) is 13.4 Å². The second-order valence-corrected chi connectivity index (χ2v) is 12.8. The second kappa shape index (κ2) is 11.3. The zero-order valence-electron chi connectivity index (χ0n) is 26.5. The van der Waals surface area contributed by atoms with Crippen LogP contribution in [0.25, 0.3) is 11.6 Å². The predicted molar refractivity (Wildman–Crippen MR) is 166 cm³/mol. The third kappa shape index (κ3) is 4.75. The third-order valence-corrected chi connectivity index (χ3v) is 9.05. The number of hydrogen-bond donors (Lipinski definition) is 4. The molecule has 1 unspecified atom stereocenters. The fourth-order valence-electron chi connectivity index (χ4n) is 6.59. The SMILES string of the molecule is COC(=O)c1coc(-c2nc3oc2C24c5ccccc5N[C@@H]2Oc2ccc(cc24)C[C@H](NC(=O)[C@@H](O)C(C)C)C(=O)N[C@@H]3C(C)C)n1. The Kier molecular flexibility index (Phi) is 7.31. The maximum absolute atomic E-state index is 13.9. The number of ether oxygens (including phenoxy) is 2. The molecule has 3 aliphatic rings. The Labute approximate surface area is 270 Å². The molecule has 0 saturated heterocycles. The first kappa shape index (κ1) is 30.5. The molecule has 244 valence electrons. The van der Waals surface area contributed by atoms with Crippen molar-refractivity contribution in [2.45, 2.75) is 63.9 Å². The minimum Gasteiger partial charge on any atom is -0.469 e. The molecule has 47 heavy (non-hydrogen) atoms. The summed E-state index contributed by atoms with van der Waals surface area (Å²) in [5, 5.41) is 19.8. The monoisotopic (exact) mass is 641 g/mol. The second-order valence-electron chi connectivity index (χ2n) is 12.8. The highest BCUT2D eigenvalue weighted by atomic mass is 16.5. The van der Waals surface area contributed by atoms with E-state index in [0.717, 1.165) is 22.4 Å². The summed E-state index contributed by atoms with van der Waals surface area (Å²) >= 11 is 0. The van der Waals surface area contributed by atoms with E-state index in [1.807, 2.05) is 56.3 Å². The van der Waals surface area contributed by atoms with E-state index in [9.17, 15) is 19.5 Å². The van der Waals surface area contributed by atoms with Crippen molar-refractivity contribution in [1.29, 1.82) is 0 Å². The number of aliphatic hydroxyl groups excluding tert-OH is 1. The maximum atomic E-state index is 13.9. The fourth-order valence-corrected chi connectivity index (χ4v) is 6.59. The van der Waals surface area contributed by atoms with Crippen molar-refractivity contribution in [3.05, 3.63) is 82.8 Å². The first-order valence-electron chi connectivity index (χ1n) is 15.5. The number of esters is 1. The minimum absolute atomic E-state index is 0.0222. The highest BCUT2D eigenvalue weighted by molar-refractivity contribution is 5.90. The number of para-hydroxylation sites is 1. The molecule has 7 rings (SSSR count). The molecule has 2 aromatic heterocycles. The molecule has 0 aliphatic carbocycles. The Bertz CT molecular complexity index is 1900. The van der Waals surface area contributed by atoms with Gasteiger partial charge in [0.2, 0.25) is 23.6 Å². The van der Waals surface area contributed by atoms with E-state index in [2.05, 4.69) is 20.9 Å². The van der Waals surface area contributed by atoms with Gasteiger partial charge < -0.3 is 39.4 Å². The van der Waals surface area contributed by atoms with Gasteiger partial charge in [0.1, 0.15) is 35.6 Å². The van der Waals surface area contributed by atoms with Crippen LogP contribution in [-0.4, -0.2) is 58.3 Å². The summed E-state index contributed by atoms with van der Waals surface area (Å²) in [5.41, 5.74) is 2.25. The molecule has 1 spiro atoms. The highest BCUT2D eigenvalue weighted by Crippen LogP contribution is 2.59. The number of amides is 2. The molecule has 5 heterocycles. The lowest BCUT2D eigenvalue weighted by molar-refractivity contribution is -0.135. The number of anilines is 1. The first-order valence-corrected chi connectivity index (χ1v) is 15.5. The van der Waals surface area contributed by atoms with Crippen molar-refractivity contribution in [3.8, 4) is 17.3 Å². The van der Waals surface area contributed by atoms with E-state index >= 15 is 0 Å². The summed E-state index contributed by atoms with van der Waals surface area (Å²) in [4.78, 5) is 48.6. The van der Waals surface area contributed by atoms with E-state index in [-0.39, 0.29) is 41.4 Å². The van der Waals surface area contributed by atoms with Gasteiger partial charge in [-0.25, -0.2) is 14.8 Å². The fraction of sp³-hybridized carbons (Fsp3) is 0.382. The number of benzene rings is 2. The molecular weight excluding hydrogens is 606 g/mol.